The van der Waals surface area contributed by atoms with Crippen molar-refractivity contribution in [3.05, 3.63) is 34.3 Å². The highest BCUT2D eigenvalue weighted by Gasteiger charge is 2.40. The molecule has 1 aromatic carbocycles. The predicted molar refractivity (Wildman–Crippen MR) is 71.1 cm³/mol. The van der Waals surface area contributed by atoms with Crippen molar-refractivity contribution in [2.75, 3.05) is 13.2 Å². The van der Waals surface area contributed by atoms with Crippen LogP contribution in [0.4, 0.5) is 4.79 Å². The maximum Gasteiger partial charge on any atom is 0.410 e. The number of carbonyl (C=O) groups is 1. The molecule has 4 nitrogen and oxygen atoms in total. The lowest BCUT2D eigenvalue weighted by Crippen LogP contribution is -2.32. The van der Waals surface area contributed by atoms with Crippen LogP contribution in [0.1, 0.15) is 18.9 Å². The summed E-state index contributed by atoms with van der Waals surface area (Å²) in [5, 5.41) is 8.97. The van der Waals surface area contributed by atoms with Gasteiger partial charge in [0.05, 0.1) is 6.54 Å². The molecule has 1 heterocycles. The first-order valence-electron chi connectivity index (χ1n) is 5.86. The minimum absolute atomic E-state index is 0.0223. The van der Waals surface area contributed by atoms with Gasteiger partial charge in [-0.05, 0) is 24.6 Å². The molecule has 1 unspecified atom stereocenters. The molecule has 1 aromatic rings. The number of amides is 1. The van der Waals surface area contributed by atoms with Crippen LogP contribution in [0, 0.1) is 0 Å². The van der Waals surface area contributed by atoms with Gasteiger partial charge in [0.1, 0.15) is 5.60 Å². The maximum absolute atomic E-state index is 11.8. The first kappa shape index (κ1) is 13.4. The zero-order valence-electron chi connectivity index (χ0n) is 10.2. The molecule has 1 fully saturated rings. The molecule has 0 aliphatic carbocycles. The summed E-state index contributed by atoms with van der Waals surface area (Å²) in [6.45, 7) is 2.91. The quantitative estimate of drug-likeness (QED) is 0.929. The Morgan fingerprint density at radius 1 is 1.56 bits per heavy atom. The van der Waals surface area contributed by atoms with E-state index in [0.29, 0.717) is 19.5 Å². The number of hydrogen-bond donors (Lipinski definition) is 1. The van der Waals surface area contributed by atoms with E-state index < -0.39 is 5.60 Å². The fourth-order valence-corrected chi connectivity index (χ4v) is 2.57. The van der Waals surface area contributed by atoms with Gasteiger partial charge >= 0.3 is 6.09 Å². The minimum Gasteiger partial charge on any atom is -0.441 e. The van der Waals surface area contributed by atoms with E-state index in [9.17, 15) is 4.79 Å². The number of cyclic esters (lactones) is 1. The molecule has 1 saturated heterocycles. The van der Waals surface area contributed by atoms with Gasteiger partial charge in [0.15, 0.2) is 0 Å². The summed E-state index contributed by atoms with van der Waals surface area (Å²) in [5.74, 6) is 0. The van der Waals surface area contributed by atoms with Gasteiger partial charge in [0, 0.05) is 24.0 Å². The van der Waals surface area contributed by atoms with Crippen LogP contribution in [0.5, 0.6) is 0 Å². The van der Waals surface area contributed by atoms with E-state index in [1.54, 1.807) is 4.90 Å². The van der Waals surface area contributed by atoms with E-state index in [-0.39, 0.29) is 12.7 Å². The van der Waals surface area contributed by atoms with Gasteiger partial charge in [0.2, 0.25) is 0 Å². The standard InChI is InChI=1S/C13H16BrNO3/c1-13(5-6-16)9-15(12(17)18-13)8-10-3-2-4-11(14)7-10/h2-4,7,16H,5-6,8-9H2,1H3. The number of benzene rings is 1. The lowest BCUT2D eigenvalue weighted by molar-refractivity contribution is 0.0502. The van der Waals surface area contributed by atoms with E-state index in [1.165, 1.54) is 0 Å². The van der Waals surface area contributed by atoms with Crippen LogP contribution in [0.2, 0.25) is 0 Å². The Morgan fingerprint density at radius 2 is 2.33 bits per heavy atom. The average Bonchev–Trinajstić information content (AvgIpc) is 2.54. The molecule has 1 aliphatic rings. The molecule has 0 aromatic heterocycles. The molecule has 18 heavy (non-hydrogen) atoms. The van der Waals surface area contributed by atoms with Crippen LogP contribution in [-0.2, 0) is 11.3 Å². The Morgan fingerprint density at radius 3 is 3.00 bits per heavy atom. The molecule has 2 rings (SSSR count). The van der Waals surface area contributed by atoms with Crippen molar-refractivity contribution in [3.8, 4) is 0 Å². The number of aliphatic hydroxyl groups is 1. The summed E-state index contributed by atoms with van der Waals surface area (Å²) in [6, 6.07) is 7.84. The van der Waals surface area contributed by atoms with Gasteiger partial charge in [-0.25, -0.2) is 4.79 Å². The van der Waals surface area contributed by atoms with E-state index in [1.807, 2.05) is 31.2 Å². The third-order valence-corrected chi connectivity index (χ3v) is 3.51. The van der Waals surface area contributed by atoms with Crippen molar-refractivity contribution in [1.82, 2.24) is 4.90 Å². The number of halogens is 1. The second kappa shape index (κ2) is 5.28. The van der Waals surface area contributed by atoms with Crippen molar-refractivity contribution >= 4 is 22.0 Å². The molecule has 1 atom stereocenters. The molecule has 1 amide bonds. The van der Waals surface area contributed by atoms with E-state index in [4.69, 9.17) is 9.84 Å². The molecule has 98 valence electrons. The van der Waals surface area contributed by atoms with Crippen molar-refractivity contribution in [3.63, 3.8) is 0 Å². The highest BCUT2D eigenvalue weighted by Crippen LogP contribution is 2.27. The molecule has 0 bridgehead atoms. The zero-order valence-corrected chi connectivity index (χ0v) is 11.8. The van der Waals surface area contributed by atoms with Crippen LogP contribution in [0.15, 0.2) is 28.7 Å². The number of nitrogens with zero attached hydrogens (tertiary/aromatic N) is 1. The second-order valence-corrected chi connectivity index (χ2v) is 5.69. The summed E-state index contributed by atoms with van der Waals surface area (Å²) in [7, 11) is 0. The van der Waals surface area contributed by atoms with E-state index in [0.717, 1.165) is 10.0 Å². The fourth-order valence-electron chi connectivity index (χ4n) is 2.12. The lowest BCUT2D eigenvalue weighted by Gasteiger charge is -2.20. The molecule has 0 spiro atoms. The van der Waals surface area contributed by atoms with Gasteiger partial charge in [-0.15, -0.1) is 0 Å². The molecular formula is C13H16BrNO3. The van der Waals surface area contributed by atoms with Gasteiger partial charge in [0.25, 0.3) is 0 Å². The summed E-state index contributed by atoms with van der Waals surface area (Å²) in [5.41, 5.74) is 0.479. The highest BCUT2D eigenvalue weighted by atomic mass is 79.9. The Bertz CT molecular complexity index is 452. The van der Waals surface area contributed by atoms with Crippen LogP contribution >= 0.6 is 15.9 Å². The molecule has 0 radical (unpaired) electrons. The van der Waals surface area contributed by atoms with Crippen LogP contribution < -0.4 is 0 Å². The SMILES string of the molecule is CC1(CCO)CN(Cc2cccc(Br)c2)C(=O)O1. The Hall–Kier alpha value is -1.07. The van der Waals surface area contributed by atoms with Crippen LogP contribution in [-0.4, -0.2) is 34.9 Å². The lowest BCUT2D eigenvalue weighted by atomic mass is 10.0. The minimum atomic E-state index is -0.572. The number of ether oxygens (including phenoxy) is 1. The van der Waals surface area contributed by atoms with Crippen LogP contribution in [0.3, 0.4) is 0 Å². The summed E-state index contributed by atoms with van der Waals surface area (Å²) in [4.78, 5) is 13.4. The van der Waals surface area contributed by atoms with Crippen molar-refractivity contribution in [2.45, 2.75) is 25.5 Å². The number of hydrogen-bond acceptors (Lipinski definition) is 3. The molecule has 0 saturated carbocycles. The molecular weight excluding hydrogens is 298 g/mol. The third-order valence-electron chi connectivity index (χ3n) is 3.02. The van der Waals surface area contributed by atoms with Crippen molar-refractivity contribution < 1.29 is 14.6 Å². The first-order valence-corrected chi connectivity index (χ1v) is 6.65. The molecule has 5 heteroatoms. The summed E-state index contributed by atoms with van der Waals surface area (Å²) < 4.78 is 6.31. The fraction of sp³-hybridized carbons (Fsp3) is 0.462. The smallest absolute Gasteiger partial charge is 0.410 e. The number of aliphatic hydroxyl groups excluding tert-OH is 1. The van der Waals surface area contributed by atoms with Crippen molar-refractivity contribution in [1.29, 1.82) is 0 Å². The monoisotopic (exact) mass is 313 g/mol. The normalized spacial score (nSPS) is 23.3. The second-order valence-electron chi connectivity index (χ2n) is 4.78. The Labute approximate surface area is 115 Å². The molecule has 1 N–H and O–H groups in total. The van der Waals surface area contributed by atoms with E-state index in [2.05, 4.69) is 15.9 Å². The number of rotatable bonds is 4. The van der Waals surface area contributed by atoms with Gasteiger partial charge in [-0.1, -0.05) is 28.1 Å². The Kier molecular flexibility index (Phi) is 3.92. The first-order chi connectivity index (χ1) is 8.52. The number of carbonyl (C=O) groups excluding carboxylic acids is 1. The largest absolute Gasteiger partial charge is 0.441 e. The van der Waals surface area contributed by atoms with Gasteiger partial charge in [-0.3, -0.25) is 4.90 Å². The predicted octanol–water partition coefficient (Wildman–Crippen LogP) is 2.54. The maximum atomic E-state index is 11.8. The highest BCUT2D eigenvalue weighted by molar-refractivity contribution is 9.10. The molecule has 1 aliphatic heterocycles. The summed E-state index contributed by atoms with van der Waals surface area (Å²) >= 11 is 3.41. The van der Waals surface area contributed by atoms with E-state index >= 15 is 0 Å². The Balaban J connectivity index is 2.05. The van der Waals surface area contributed by atoms with Crippen LogP contribution in [0.25, 0.3) is 0 Å². The zero-order chi connectivity index (χ0) is 13.2. The topological polar surface area (TPSA) is 49.8 Å². The van der Waals surface area contributed by atoms with Crippen molar-refractivity contribution in [2.24, 2.45) is 0 Å². The van der Waals surface area contributed by atoms with Gasteiger partial charge < -0.3 is 9.84 Å². The van der Waals surface area contributed by atoms with Gasteiger partial charge in [-0.2, -0.15) is 0 Å². The average molecular weight is 314 g/mol. The third kappa shape index (κ3) is 3.03. The summed E-state index contributed by atoms with van der Waals surface area (Å²) in [6.07, 6.45) is 0.152.